The van der Waals surface area contributed by atoms with Gasteiger partial charge in [-0.3, -0.25) is 9.10 Å². The number of rotatable bonds is 3. The summed E-state index contributed by atoms with van der Waals surface area (Å²) in [6, 6.07) is 8.58. The summed E-state index contributed by atoms with van der Waals surface area (Å²) in [4.78, 5) is 16.5. The lowest BCUT2D eigenvalue weighted by Crippen LogP contribution is -2.34. The van der Waals surface area contributed by atoms with Crippen LogP contribution in [0.4, 0.5) is 11.5 Å². The van der Waals surface area contributed by atoms with Crippen LogP contribution in [0, 0.1) is 6.92 Å². The third kappa shape index (κ3) is 3.12. The summed E-state index contributed by atoms with van der Waals surface area (Å²) in [7, 11) is -3.33. The first-order valence-electron chi connectivity index (χ1n) is 7.62. The Morgan fingerprint density at radius 1 is 1.29 bits per heavy atom. The van der Waals surface area contributed by atoms with E-state index in [2.05, 4.69) is 10.3 Å². The second-order valence-electron chi connectivity index (χ2n) is 6.13. The molecule has 1 aliphatic rings. The number of carbonyl (C=O) groups is 1. The molecule has 1 amide bonds. The Labute approximate surface area is 141 Å². The van der Waals surface area contributed by atoms with Crippen LogP contribution in [0.25, 0.3) is 0 Å². The Bertz CT molecular complexity index is 909. The van der Waals surface area contributed by atoms with Crippen molar-refractivity contribution in [2.75, 3.05) is 15.9 Å². The fourth-order valence-electron chi connectivity index (χ4n) is 3.04. The molecule has 0 aliphatic carbocycles. The Hall–Kier alpha value is -2.41. The molecule has 7 heteroatoms. The van der Waals surface area contributed by atoms with Gasteiger partial charge in [0.05, 0.1) is 11.9 Å². The van der Waals surface area contributed by atoms with E-state index in [0.717, 1.165) is 11.1 Å². The van der Waals surface area contributed by atoms with Crippen LogP contribution < -0.4 is 9.62 Å². The van der Waals surface area contributed by atoms with Crippen LogP contribution in [0.2, 0.25) is 0 Å². The van der Waals surface area contributed by atoms with Crippen molar-refractivity contribution < 1.29 is 13.2 Å². The molecule has 1 aromatic heterocycles. The third-order valence-electron chi connectivity index (χ3n) is 4.01. The van der Waals surface area contributed by atoms with Crippen molar-refractivity contribution in [3.05, 3.63) is 53.2 Å². The van der Waals surface area contributed by atoms with Gasteiger partial charge in [-0.2, -0.15) is 0 Å². The highest BCUT2D eigenvalue weighted by molar-refractivity contribution is 7.92. The summed E-state index contributed by atoms with van der Waals surface area (Å²) in [5, 5.41) is 2.76. The highest BCUT2D eigenvalue weighted by atomic mass is 32.2. The first-order chi connectivity index (χ1) is 11.3. The molecule has 3 rings (SSSR count). The Balaban J connectivity index is 1.87. The summed E-state index contributed by atoms with van der Waals surface area (Å²) < 4.78 is 25.3. The van der Waals surface area contributed by atoms with Gasteiger partial charge >= 0.3 is 0 Å². The number of aromatic nitrogens is 1. The number of nitrogens with zero attached hydrogens (tertiary/aromatic N) is 2. The van der Waals surface area contributed by atoms with E-state index in [9.17, 15) is 13.2 Å². The zero-order valence-electron chi connectivity index (χ0n) is 13.8. The molecule has 1 aliphatic heterocycles. The van der Waals surface area contributed by atoms with E-state index in [4.69, 9.17) is 0 Å². The maximum atomic E-state index is 12.4. The molecule has 6 nitrogen and oxygen atoms in total. The monoisotopic (exact) mass is 345 g/mol. The minimum absolute atomic E-state index is 0.147. The van der Waals surface area contributed by atoms with Crippen molar-refractivity contribution in [2.45, 2.75) is 26.3 Å². The molecule has 0 spiro atoms. The summed E-state index contributed by atoms with van der Waals surface area (Å²) >= 11 is 0. The SMILES string of the molecule is Cc1ccnc(NC(=O)c2ccc3c(c2)CC(C)N3S(C)(=O)=O)c1. The summed E-state index contributed by atoms with van der Waals surface area (Å²) in [5.74, 6) is 0.230. The number of fused-ring (bicyclic) bond motifs is 1. The summed E-state index contributed by atoms with van der Waals surface area (Å²) in [5.41, 5.74) is 3.00. The van der Waals surface area contributed by atoms with E-state index in [0.29, 0.717) is 23.5 Å². The minimum atomic E-state index is -3.33. The lowest BCUT2D eigenvalue weighted by molar-refractivity contribution is 0.102. The van der Waals surface area contributed by atoms with Gasteiger partial charge in [0.2, 0.25) is 10.0 Å². The molecule has 0 radical (unpaired) electrons. The quantitative estimate of drug-likeness (QED) is 0.926. The molecule has 0 bridgehead atoms. The molecule has 1 N–H and O–H groups in total. The first-order valence-corrected chi connectivity index (χ1v) is 9.47. The van der Waals surface area contributed by atoms with Crippen LogP contribution in [0.15, 0.2) is 36.5 Å². The van der Waals surface area contributed by atoms with Gasteiger partial charge in [0.1, 0.15) is 5.82 Å². The predicted molar refractivity (Wildman–Crippen MR) is 93.9 cm³/mol. The van der Waals surface area contributed by atoms with Gasteiger partial charge in [0.25, 0.3) is 5.91 Å². The van der Waals surface area contributed by atoms with Crippen LogP contribution >= 0.6 is 0 Å². The molecule has 2 heterocycles. The lowest BCUT2D eigenvalue weighted by Gasteiger charge is -2.21. The number of carbonyl (C=O) groups excluding carboxylic acids is 1. The van der Waals surface area contributed by atoms with Gasteiger partial charge in [-0.1, -0.05) is 0 Å². The second kappa shape index (κ2) is 5.90. The number of aryl methyl sites for hydroxylation is 1. The molecule has 0 saturated carbocycles. The number of pyridine rings is 1. The fourth-order valence-corrected chi connectivity index (χ4v) is 4.31. The molecule has 1 aromatic carbocycles. The largest absolute Gasteiger partial charge is 0.307 e. The average molecular weight is 345 g/mol. The average Bonchev–Trinajstić information content (AvgIpc) is 2.81. The van der Waals surface area contributed by atoms with Gasteiger partial charge in [0, 0.05) is 17.8 Å². The molecule has 126 valence electrons. The number of hydrogen-bond acceptors (Lipinski definition) is 4. The van der Waals surface area contributed by atoms with Gasteiger partial charge in [-0.25, -0.2) is 13.4 Å². The van der Waals surface area contributed by atoms with Crippen molar-refractivity contribution in [2.24, 2.45) is 0 Å². The smallest absolute Gasteiger partial charge is 0.256 e. The zero-order valence-corrected chi connectivity index (χ0v) is 14.6. The number of nitrogens with one attached hydrogen (secondary N) is 1. The molecule has 2 aromatic rings. The van der Waals surface area contributed by atoms with Crippen molar-refractivity contribution in [1.29, 1.82) is 0 Å². The highest BCUT2D eigenvalue weighted by Gasteiger charge is 2.32. The van der Waals surface area contributed by atoms with Gasteiger partial charge < -0.3 is 5.32 Å². The van der Waals surface area contributed by atoms with Crippen molar-refractivity contribution in [3.63, 3.8) is 0 Å². The fraction of sp³-hybridized carbons (Fsp3) is 0.294. The molecule has 24 heavy (non-hydrogen) atoms. The second-order valence-corrected chi connectivity index (χ2v) is 7.99. The van der Waals surface area contributed by atoms with Crippen LogP contribution in [-0.4, -0.2) is 31.6 Å². The molecule has 1 atom stereocenters. The van der Waals surface area contributed by atoms with Crippen LogP contribution in [0.3, 0.4) is 0 Å². The van der Waals surface area contributed by atoms with E-state index >= 15 is 0 Å². The maximum absolute atomic E-state index is 12.4. The molecule has 0 fully saturated rings. The molecule has 1 unspecified atom stereocenters. The van der Waals surface area contributed by atoms with E-state index in [1.807, 2.05) is 19.9 Å². The van der Waals surface area contributed by atoms with E-state index < -0.39 is 10.0 Å². The maximum Gasteiger partial charge on any atom is 0.256 e. The van der Waals surface area contributed by atoms with E-state index in [1.54, 1.807) is 30.5 Å². The van der Waals surface area contributed by atoms with E-state index in [1.165, 1.54) is 10.6 Å². The molecule has 0 saturated heterocycles. The molecular weight excluding hydrogens is 326 g/mol. The number of hydrogen-bond donors (Lipinski definition) is 1. The number of benzene rings is 1. The summed E-state index contributed by atoms with van der Waals surface area (Å²) in [6.07, 6.45) is 3.42. The number of sulfonamides is 1. The van der Waals surface area contributed by atoms with Crippen molar-refractivity contribution in [3.8, 4) is 0 Å². The topological polar surface area (TPSA) is 79.4 Å². The normalized spacial score (nSPS) is 16.8. The van der Waals surface area contributed by atoms with Gasteiger partial charge in [0.15, 0.2) is 0 Å². The molecular formula is C17H19N3O3S. The van der Waals surface area contributed by atoms with Crippen LogP contribution in [0.1, 0.15) is 28.4 Å². The summed E-state index contributed by atoms with van der Waals surface area (Å²) in [6.45, 7) is 3.78. The van der Waals surface area contributed by atoms with Gasteiger partial charge in [-0.05, 0) is 61.7 Å². The van der Waals surface area contributed by atoms with Crippen molar-refractivity contribution >= 4 is 27.4 Å². The zero-order chi connectivity index (χ0) is 17.5. The van der Waals surface area contributed by atoms with E-state index in [-0.39, 0.29) is 11.9 Å². The third-order valence-corrected chi connectivity index (χ3v) is 5.28. The van der Waals surface area contributed by atoms with Gasteiger partial charge in [-0.15, -0.1) is 0 Å². The number of anilines is 2. The lowest BCUT2D eigenvalue weighted by atomic mass is 10.1. The Morgan fingerprint density at radius 2 is 2.04 bits per heavy atom. The standard InChI is InChI=1S/C17H19N3O3S/c1-11-6-7-18-16(8-11)19-17(21)13-4-5-15-14(10-13)9-12(2)20(15)24(3,22)23/h4-8,10,12H,9H2,1-3H3,(H,18,19,21). The number of amides is 1. The Kier molecular flexibility index (Phi) is 4.04. The van der Waals surface area contributed by atoms with Crippen molar-refractivity contribution in [1.82, 2.24) is 4.98 Å². The van der Waals surface area contributed by atoms with Crippen LogP contribution in [-0.2, 0) is 16.4 Å². The van der Waals surface area contributed by atoms with Crippen LogP contribution in [0.5, 0.6) is 0 Å². The predicted octanol–water partition coefficient (Wildman–Crippen LogP) is 2.35. The Morgan fingerprint density at radius 3 is 2.71 bits per heavy atom. The minimum Gasteiger partial charge on any atom is -0.307 e. The first kappa shape index (κ1) is 16.4. The highest BCUT2D eigenvalue weighted by Crippen LogP contribution is 2.34.